The molecule has 3 rings (SSSR count). The van der Waals surface area contributed by atoms with Gasteiger partial charge in [-0.2, -0.15) is 0 Å². The summed E-state index contributed by atoms with van der Waals surface area (Å²) in [6.07, 6.45) is 1.41. The van der Waals surface area contributed by atoms with E-state index >= 15 is 0 Å². The molecule has 2 heterocycles. The first kappa shape index (κ1) is 13.9. The molecule has 21 heavy (non-hydrogen) atoms. The number of aliphatic hydroxyl groups excluding tert-OH is 1. The monoisotopic (exact) mass is 287 g/mol. The van der Waals surface area contributed by atoms with Gasteiger partial charge in [0.2, 0.25) is 0 Å². The zero-order valence-electron chi connectivity index (χ0n) is 12.2. The summed E-state index contributed by atoms with van der Waals surface area (Å²) in [7, 11) is 0. The number of H-pyrrole nitrogens is 1. The van der Waals surface area contributed by atoms with Crippen LogP contribution in [0.5, 0.6) is 0 Å². The maximum atomic E-state index is 12.5. The molecule has 0 aliphatic carbocycles. The number of likely N-dealkylation sites (tertiary alicyclic amines) is 1. The predicted octanol–water partition coefficient (Wildman–Crippen LogP) is 1.98. The molecule has 1 fully saturated rings. The van der Waals surface area contributed by atoms with Crippen LogP contribution >= 0.6 is 0 Å². The van der Waals surface area contributed by atoms with Crippen LogP contribution in [0.1, 0.15) is 30.3 Å². The van der Waals surface area contributed by atoms with E-state index in [4.69, 9.17) is 5.73 Å². The Morgan fingerprint density at radius 1 is 1.43 bits per heavy atom. The van der Waals surface area contributed by atoms with Gasteiger partial charge in [-0.1, -0.05) is 12.1 Å². The highest BCUT2D eigenvalue weighted by molar-refractivity contribution is 6.00. The maximum Gasteiger partial charge on any atom is 0.270 e. The van der Waals surface area contributed by atoms with Crippen LogP contribution in [0.2, 0.25) is 0 Å². The van der Waals surface area contributed by atoms with Gasteiger partial charge in [0.05, 0.1) is 17.3 Å². The minimum atomic E-state index is -0.296. The van der Waals surface area contributed by atoms with Crippen molar-refractivity contribution >= 4 is 22.5 Å². The molecular formula is C16H21N3O2. The minimum absolute atomic E-state index is 0.00893. The number of para-hydroxylation sites is 1. The molecule has 0 spiro atoms. The Morgan fingerprint density at radius 2 is 2.14 bits per heavy atom. The highest BCUT2D eigenvalue weighted by atomic mass is 16.3. The van der Waals surface area contributed by atoms with Gasteiger partial charge < -0.3 is 20.7 Å². The van der Waals surface area contributed by atoms with E-state index < -0.39 is 0 Å². The number of aromatic amines is 1. The molecule has 0 bridgehead atoms. The number of hydrogen-bond acceptors (Lipinski definition) is 3. The number of piperidine rings is 1. The van der Waals surface area contributed by atoms with E-state index in [0.29, 0.717) is 30.4 Å². The second-order valence-corrected chi connectivity index (χ2v) is 5.86. The quantitative estimate of drug-likeness (QED) is 0.739. The van der Waals surface area contributed by atoms with Crippen molar-refractivity contribution in [2.24, 2.45) is 5.92 Å². The number of nitrogen functional groups attached to an aromatic ring is 1. The molecule has 112 valence electrons. The zero-order chi connectivity index (χ0) is 15.0. The Morgan fingerprint density at radius 3 is 2.76 bits per heavy atom. The van der Waals surface area contributed by atoms with Crippen molar-refractivity contribution in [1.82, 2.24) is 9.88 Å². The number of aromatic nitrogens is 1. The standard InChI is InChI=1S/C16H21N3O2/c1-10(20)11-5-7-19(8-6-11)16(21)14-9-12-3-2-4-13(17)15(12)18-14/h2-4,9-11,18,20H,5-8,17H2,1H3. The Bertz CT molecular complexity index is 655. The molecule has 1 aromatic heterocycles. The summed E-state index contributed by atoms with van der Waals surface area (Å²) in [6, 6.07) is 7.50. The van der Waals surface area contributed by atoms with Crippen molar-refractivity contribution in [2.45, 2.75) is 25.9 Å². The molecule has 1 amide bonds. The van der Waals surface area contributed by atoms with Gasteiger partial charge in [-0.25, -0.2) is 0 Å². The topological polar surface area (TPSA) is 82.3 Å². The fourth-order valence-corrected chi connectivity index (χ4v) is 3.05. The second kappa shape index (κ2) is 5.41. The van der Waals surface area contributed by atoms with E-state index in [2.05, 4.69) is 4.98 Å². The first-order valence-electron chi connectivity index (χ1n) is 7.41. The van der Waals surface area contributed by atoms with Gasteiger partial charge in [-0.05, 0) is 37.8 Å². The third-order valence-corrected chi connectivity index (χ3v) is 4.43. The number of anilines is 1. The summed E-state index contributed by atoms with van der Waals surface area (Å²) in [4.78, 5) is 17.5. The molecule has 1 aliphatic heterocycles. The first-order valence-corrected chi connectivity index (χ1v) is 7.41. The third kappa shape index (κ3) is 2.61. The van der Waals surface area contributed by atoms with Crippen molar-refractivity contribution in [3.63, 3.8) is 0 Å². The summed E-state index contributed by atoms with van der Waals surface area (Å²) < 4.78 is 0. The lowest BCUT2D eigenvalue weighted by Gasteiger charge is -2.33. The van der Waals surface area contributed by atoms with Crippen molar-refractivity contribution in [3.8, 4) is 0 Å². The van der Waals surface area contributed by atoms with Crippen LogP contribution in [0.15, 0.2) is 24.3 Å². The normalized spacial score (nSPS) is 18.1. The molecule has 5 nitrogen and oxygen atoms in total. The van der Waals surface area contributed by atoms with Gasteiger partial charge in [-0.15, -0.1) is 0 Å². The number of aliphatic hydroxyl groups is 1. The number of carbonyl (C=O) groups is 1. The molecule has 1 atom stereocenters. The number of nitrogens with zero attached hydrogens (tertiary/aromatic N) is 1. The average molecular weight is 287 g/mol. The number of rotatable bonds is 2. The van der Waals surface area contributed by atoms with Gasteiger partial charge in [0.1, 0.15) is 5.69 Å². The summed E-state index contributed by atoms with van der Waals surface area (Å²) in [5.74, 6) is 0.307. The Labute approximate surface area is 123 Å². The molecule has 1 aliphatic rings. The van der Waals surface area contributed by atoms with E-state index in [0.717, 1.165) is 23.7 Å². The molecule has 4 N–H and O–H groups in total. The van der Waals surface area contributed by atoms with Crippen molar-refractivity contribution in [1.29, 1.82) is 0 Å². The number of nitrogens with one attached hydrogen (secondary N) is 1. The van der Waals surface area contributed by atoms with E-state index in [9.17, 15) is 9.90 Å². The van der Waals surface area contributed by atoms with E-state index in [-0.39, 0.29) is 12.0 Å². The van der Waals surface area contributed by atoms with E-state index in [1.807, 2.05) is 36.1 Å². The Balaban J connectivity index is 1.77. The first-order chi connectivity index (χ1) is 10.1. The highest BCUT2D eigenvalue weighted by Crippen LogP contribution is 2.24. The van der Waals surface area contributed by atoms with Crippen LogP contribution in [0.4, 0.5) is 5.69 Å². The van der Waals surface area contributed by atoms with Crippen LogP contribution in [-0.4, -0.2) is 40.1 Å². The highest BCUT2D eigenvalue weighted by Gasteiger charge is 2.26. The number of hydrogen-bond donors (Lipinski definition) is 3. The molecule has 1 aromatic carbocycles. The predicted molar refractivity (Wildman–Crippen MR) is 83.0 cm³/mol. The van der Waals surface area contributed by atoms with Gasteiger partial charge >= 0.3 is 0 Å². The molecular weight excluding hydrogens is 266 g/mol. The number of fused-ring (bicyclic) bond motifs is 1. The summed E-state index contributed by atoms with van der Waals surface area (Å²) >= 11 is 0. The number of carbonyl (C=O) groups excluding carboxylic acids is 1. The number of nitrogens with two attached hydrogens (primary N) is 1. The molecule has 0 saturated carbocycles. The van der Waals surface area contributed by atoms with E-state index in [1.54, 1.807) is 0 Å². The second-order valence-electron chi connectivity index (χ2n) is 5.86. The van der Waals surface area contributed by atoms with Gasteiger partial charge in [0, 0.05) is 18.5 Å². The molecule has 2 aromatic rings. The van der Waals surface area contributed by atoms with E-state index in [1.165, 1.54) is 0 Å². The number of benzene rings is 1. The molecule has 5 heteroatoms. The molecule has 1 saturated heterocycles. The lowest BCUT2D eigenvalue weighted by atomic mass is 9.92. The van der Waals surface area contributed by atoms with Crippen LogP contribution in [-0.2, 0) is 0 Å². The summed E-state index contributed by atoms with van der Waals surface area (Å²) in [5.41, 5.74) is 7.97. The van der Waals surface area contributed by atoms with Gasteiger partial charge in [0.15, 0.2) is 0 Å². The van der Waals surface area contributed by atoms with Gasteiger partial charge in [-0.3, -0.25) is 4.79 Å². The largest absolute Gasteiger partial charge is 0.397 e. The SMILES string of the molecule is CC(O)C1CCN(C(=O)c2cc3cccc(N)c3[nH]2)CC1. The zero-order valence-corrected chi connectivity index (χ0v) is 12.2. The third-order valence-electron chi connectivity index (χ3n) is 4.43. The lowest BCUT2D eigenvalue weighted by Crippen LogP contribution is -2.40. The summed E-state index contributed by atoms with van der Waals surface area (Å²) in [5, 5.41) is 10.6. The Hall–Kier alpha value is -2.01. The van der Waals surface area contributed by atoms with Crippen molar-refractivity contribution < 1.29 is 9.90 Å². The number of amides is 1. The van der Waals surface area contributed by atoms with Crippen LogP contribution in [0.3, 0.4) is 0 Å². The lowest BCUT2D eigenvalue weighted by molar-refractivity contribution is 0.0518. The summed E-state index contributed by atoms with van der Waals surface area (Å²) in [6.45, 7) is 3.21. The fraction of sp³-hybridized carbons (Fsp3) is 0.438. The smallest absolute Gasteiger partial charge is 0.270 e. The Kier molecular flexibility index (Phi) is 3.59. The van der Waals surface area contributed by atoms with Gasteiger partial charge in [0.25, 0.3) is 5.91 Å². The van der Waals surface area contributed by atoms with Crippen molar-refractivity contribution in [2.75, 3.05) is 18.8 Å². The molecule has 1 unspecified atom stereocenters. The minimum Gasteiger partial charge on any atom is -0.397 e. The fourth-order valence-electron chi connectivity index (χ4n) is 3.05. The van der Waals surface area contributed by atoms with Crippen LogP contribution in [0, 0.1) is 5.92 Å². The maximum absolute atomic E-state index is 12.5. The van der Waals surface area contributed by atoms with Crippen molar-refractivity contribution in [3.05, 3.63) is 30.0 Å². The van der Waals surface area contributed by atoms with Crippen LogP contribution < -0.4 is 5.73 Å². The average Bonchev–Trinajstić information content (AvgIpc) is 2.92. The van der Waals surface area contributed by atoms with Crippen LogP contribution in [0.25, 0.3) is 10.9 Å². The molecule has 0 radical (unpaired) electrons.